The summed E-state index contributed by atoms with van der Waals surface area (Å²) in [4.78, 5) is 0. The molecule has 1 aromatic carbocycles. The van der Waals surface area contributed by atoms with E-state index < -0.39 is 0 Å². The second-order valence-corrected chi connectivity index (χ2v) is 1.39. The van der Waals surface area contributed by atoms with Gasteiger partial charge in [-0.15, -0.1) is 0 Å². The average Bonchev–Trinajstić information content (AvgIpc) is 2.95. The van der Waals surface area contributed by atoms with E-state index >= 15 is 0 Å². The standard InChI is InChI=1S/C5H5.C4H5.3CO.Mo/c1-2-4-5-3-1;1-3-4-2;3*1-2;/h1-5H;1H2,2H3;;;;/q2*-1;;;;. The summed E-state index contributed by atoms with van der Waals surface area (Å²) in [5.74, 6) is 5.00. The molecule has 0 fully saturated rings. The zero-order chi connectivity index (χ0) is 12.9. The van der Waals surface area contributed by atoms with Crippen LogP contribution in [0.4, 0.5) is 0 Å². The minimum Gasteiger partial charge on any atom is -0.331 e. The molecule has 0 bridgehead atoms. The Hall–Kier alpha value is -1.31. The van der Waals surface area contributed by atoms with E-state index in [2.05, 4.69) is 38.7 Å². The van der Waals surface area contributed by atoms with Crippen LogP contribution in [-0.2, 0) is 35.0 Å². The van der Waals surface area contributed by atoms with Crippen molar-refractivity contribution in [1.82, 2.24) is 0 Å². The molecule has 0 unspecified atom stereocenters. The number of hydrogen-bond acceptors (Lipinski definition) is 0. The molecule has 84 valence electrons. The van der Waals surface area contributed by atoms with E-state index in [1.54, 1.807) is 6.92 Å². The average molecular weight is 298 g/mol. The van der Waals surface area contributed by atoms with Crippen LogP contribution in [0.25, 0.3) is 0 Å². The van der Waals surface area contributed by atoms with E-state index in [1.165, 1.54) is 0 Å². The molecule has 4 heteroatoms. The van der Waals surface area contributed by atoms with Gasteiger partial charge in [-0.1, -0.05) is 6.92 Å². The summed E-state index contributed by atoms with van der Waals surface area (Å²) in [5, 5.41) is 0. The van der Waals surface area contributed by atoms with Crippen molar-refractivity contribution in [2.45, 2.75) is 6.92 Å². The summed E-state index contributed by atoms with van der Waals surface area (Å²) in [6.07, 6.45) is 0. The first kappa shape index (κ1) is 29.3. The summed E-state index contributed by atoms with van der Waals surface area (Å²) in [5.41, 5.74) is 0. The van der Waals surface area contributed by atoms with Crippen molar-refractivity contribution in [3.8, 4) is 11.8 Å². The molecule has 1 aromatic rings. The van der Waals surface area contributed by atoms with Gasteiger partial charge in [-0.2, -0.15) is 25.1 Å². The summed E-state index contributed by atoms with van der Waals surface area (Å²) in [6, 6.07) is 10.0. The van der Waals surface area contributed by atoms with Gasteiger partial charge in [0.2, 0.25) is 0 Å². The maximum absolute atomic E-state index is 7.50. The van der Waals surface area contributed by atoms with Gasteiger partial charge in [-0.3, -0.25) is 5.92 Å². The minimum atomic E-state index is 0. The molecule has 3 nitrogen and oxygen atoms in total. The monoisotopic (exact) mass is 300 g/mol. The summed E-state index contributed by atoms with van der Waals surface area (Å²) in [6.45, 7) is 18.5. The fourth-order valence-corrected chi connectivity index (χ4v) is 0.321. The molecule has 0 saturated heterocycles. The smallest absolute Gasteiger partial charge is 0 e. The fraction of sp³-hybridized carbons (Fsp3) is 0.0833. The predicted molar refractivity (Wildman–Crippen MR) is 52.6 cm³/mol. The van der Waals surface area contributed by atoms with E-state index in [9.17, 15) is 0 Å². The Kier molecular flexibility index (Phi) is 125. The van der Waals surface area contributed by atoms with Gasteiger partial charge < -0.3 is 5.92 Å². The maximum Gasteiger partial charge on any atom is 0 e. The van der Waals surface area contributed by atoms with Gasteiger partial charge in [0.15, 0.2) is 0 Å². The van der Waals surface area contributed by atoms with Crippen LogP contribution in [0.2, 0.25) is 0 Å². The topological polar surface area (TPSA) is 59.7 Å². The van der Waals surface area contributed by atoms with Gasteiger partial charge in [0.1, 0.15) is 0 Å². The molecule has 0 amide bonds. The van der Waals surface area contributed by atoms with Crippen molar-refractivity contribution in [2.24, 2.45) is 0 Å². The van der Waals surface area contributed by atoms with Gasteiger partial charge in [0.05, 0.1) is 0 Å². The molecule has 0 atom stereocenters. The van der Waals surface area contributed by atoms with E-state index in [-0.39, 0.29) is 21.1 Å². The van der Waals surface area contributed by atoms with Crippen molar-refractivity contribution in [3.63, 3.8) is 0 Å². The molecule has 0 heterocycles. The van der Waals surface area contributed by atoms with E-state index in [1.807, 2.05) is 30.3 Å². The summed E-state index contributed by atoms with van der Waals surface area (Å²) >= 11 is 0. The van der Waals surface area contributed by atoms with Gasteiger partial charge in [-0.05, 0) is 0 Å². The zero-order valence-electron chi connectivity index (χ0n) is 8.73. The van der Waals surface area contributed by atoms with Gasteiger partial charge >= 0.3 is 33.9 Å². The van der Waals surface area contributed by atoms with Gasteiger partial charge in [0.25, 0.3) is 0 Å². The van der Waals surface area contributed by atoms with Crippen LogP contribution < -0.4 is 0 Å². The largest absolute Gasteiger partial charge is 0.331 e. The Morgan fingerprint density at radius 1 is 1.00 bits per heavy atom. The first-order valence-electron chi connectivity index (χ1n) is 3.38. The van der Waals surface area contributed by atoms with E-state index in [0.29, 0.717) is 0 Å². The Morgan fingerprint density at radius 2 is 1.25 bits per heavy atom. The Labute approximate surface area is 111 Å². The maximum atomic E-state index is 7.50. The Morgan fingerprint density at radius 3 is 1.31 bits per heavy atom. The fourth-order valence-electron chi connectivity index (χ4n) is 0.321. The van der Waals surface area contributed by atoms with Crippen LogP contribution in [0.1, 0.15) is 6.92 Å². The third-order valence-corrected chi connectivity index (χ3v) is 0.732. The van der Waals surface area contributed by atoms with Crippen molar-refractivity contribution >= 4 is 0 Å². The molecule has 16 heavy (non-hydrogen) atoms. The van der Waals surface area contributed by atoms with Crippen LogP contribution in [0, 0.1) is 38.7 Å². The molecule has 0 radical (unpaired) electrons. The molecular formula is C12H10MoO3-2. The summed E-state index contributed by atoms with van der Waals surface area (Å²) < 4.78 is 22.5. The molecule has 0 saturated carbocycles. The number of rotatable bonds is 0. The SMILES string of the molecule is [C-]#[O+].[C-]#[O+].[C-]#[O+].[CH2-]C#CC.[Mo].c1cc[cH-]c1. The molecule has 0 aliphatic carbocycles. The van der Waals surface area contributed by atoms with Crippen molar-refractivity contribution in [2.75, 3.05) is 0 Å². The predicted octanol–water partition coefficient (Wildman–Crippen LogP) is 2.13. The van der Waals surface area contributed by atoms with Crippen LogP contribution in [-0.4, -0.2) is 0 Å². The van der Waals surface area contributed by atoms with Crippen molar-refractivity contribution in [3.05, 3.63) is 57.2 Å². The molecule has 1 rings (SSSR count). The van der Waals surface area contributed by atoms with Crippen LogP contribution in [0.3, 0.4) is 0 Å². The quantitative estimate of drug-likeness (QED) is 0.305. The molecule has 0 N–H and O–H groups in total. The normalized spacial score (nSPS) is 3.69. The third-order valence-electron chi connectivity index (χ3n) is 0.732. The van der Waals surface area contributed by atoms with E-state index in [0.717, 1.165) is 0 Å². The number of hydrogen-bond donors (Lipinski definition) is 0. The Balaban J connectivity index is -0.0000000337. The minimum absolute atomic E-state index is 0. The van der Waals surface area contributed by atoms with Crippen molar-refractivity contribution in [1.29, 1.82) is 0 Å². The first-order valence-corrected chi connectivity index (χ1v) is 3.38. The second-order valence-electron chi connectivity index (χ2n) is 1.39. The van der Waals surface area contributed by atoms with Gasteiger partial charge in [-0.25, -0.2) is 12.1 Å². The first-order chi connectivity index (χ1) is 7.41. The molecular weight excluding hydrogens is 288 g/mol. The molecule has 0 aliphatic heterocycles. The Bertz CT molecular complexity index is 235. The zero-order valence-corrected chi connectivity index (χ0v) is 10.7. The van der Waals surface area contributed by atoms with E-state index in [4.69, 9.17) is 14.0 Å². The van der Waals surface area contributed by atoms with Crippen LogP contribution in [0.5, 0.6) is 0 Å². The van der Waals surface area contributed by atoms with Crippen LogP contribution >= 0.6 is 0 Å². The third kappa shape index (κ3) is 78.9. The second kappa shape index (κ2) is 68.1. The molecule has 0 aliphatic rings. The molecule has 0 spiro atoms. The molecule has 0 aromatic heterocycles. The van der Waals surface area contributed by atoms with Gasteiger partial charge in [0, 0.05) is 21.1 Å². The van der Waals surface area contributed by atoms with Crippen LogP contribution in [0.15, 0.2) is 30.3 Å². The van der Waals surface area contributed by atoms with Crippen molar-refractivity contribution < 1.29 is 35.0 Å². The summed E-state index contributed by atoms with van der Waals surface area (Å²) in [7, 11) is 0.